The van der Waals surface area contributed by atoms with Gasteiger partial charge in [-0.1, -0.05) is 42.5 Å². The monoisotopic (exact) mass is 345 g/mol. The minimum Gasteiger partial charge on any atom is -0.328 e. The van der Waals surface area contributed by atoms with Crippen LogP contribution in [0.15, 0.2) is 72.1 Å². The van der Waals surface area contributed by atoms with E-state index in [1.807, 2.05) is 24.5 Å². The molecule has 2 aromatic carbocycles. The van der Waals surface area contributed by atoms with Crippen molar-refractivity contribution in [2.45, 2.75) is 13.5 Å². The number of piperazine rings is 1. The molecule has 4 nitrogen and oxygen atoms in total. The summed E-state index contributed by atoms with van der Waals surface area (Å²) >= 11 is 0. The van der Waals surface area contributed by atoms with Crippen molar-refractivity contribution in [3.05, 3.63) is 78.1 Å². The largest absolute Gasteiger partial charge is 0.328 e. The number of benzene rings is 2. The summed E-state index contributed by atoms with van der Waals surface area (Å²) in [5, 5.41) is 9.74. The Morgan fingerprint density at radius 3 is 2.54 bits per heavy atom. The fraction of sp³-hybridized carbons (Fsp3) is 0.273. The summed E-state index contributed by atoms with van der Waals surface area (Å²) in [5.74, 6) is 0. The molecule has 0 saturated carbocycles. The normalized spacial score (nSPS) is 16.2. The number of quaternary nitrogens is 1. The van der Waals surface area contributed by atoms with Gasteiger partial charge >= 0.3 is 0 Å². The van der Waals surface area contributed by atoms with Crippen molar-refractivity contribution in [3.8, 4) is 0 Å². The van der Waals surface area contributed by atoms with Crippen molar-refractivity contribution in [3.63, 3.8) is 0 Å². The SMILES string of the molecule is C/C(=N\N1CC[NH+](Cc2cccc3ccccc23)CC1)c1ccncc1. The van der Waals surface area contributed by atoms with Crippen LogP contribution in [-0.4, -0.2) is 41.9 Å². The molecule has 1 fully saturated rings. The number of aromatic nitrogens is 1. The first kappa shape index (κ1) is 16.7. The Morgan fingerprint density at radius 2 is 1.73 bits per heavy atom. The van der Waals surface area contributed by atoms with Gasteiger partial charge in [0.15, 0.2) is 0 Å². The maximum atomic E-state index is 4.81. The Bertz CT molecular complexity index is 891. The molecule has 1 N–H and O–H groups in total. The predicted octanol–water partition coefficient (Wildman–Crippen LogP) is 2.36. The first-order chi connectivity index (χ1) is 12.8. The highest BCUT2D eigenvalue weighted by atomic mass is 15.5. The van der Waals surface area contributed by atoms with E-state index in [0.717, 1.165) is 44.0 Å². The molecule has 0 unspecified atom stereocenters. The van der Waals surface area contributed by atoms with E-state index in [2.05, 4.69) is 59.4 Å². The molecular formula is C22H25N4+. The molecule has 26 heavy (non-hydrogen) atoms. The van der Waals surface area contributed by atoms with E-state index < -0.39 is 0 Å². The van der Waals surface area contributed by atoms with E-state index in [-0.39, 0.29) is 0 Å². The van der Waals surface area contributed by atoms with Crippen LogP contribution in [0.25, 0.3) is 10.8 Å². The zero-order valence-corrected chi connectivity index (χ0v) is 15.2. The Labute approximate surface area is 154 Å². The zero-order valence-electron chi connectivity index (χ0n) is 15.2. The van der Waals surface area contributed by atoms with Crippen molar-refractivity contribution in [2.75, 3.05) is 26.2 Å². The molecule has 1 saturated heterocycles. The Morgan fingerprint density at radius 1 is 1.00 bits per heavy atom. The highest BCUT2D eigenvalue weighted by molar-refractivity contribution is 5.98. The Hall–Kier alpha value is -2.72. The highest BCUT2D eigenvalue weighted by Crippen LogP contribution is 2.17. The van der Waals surface area contributed by atoms with Crippen LogP contribution in [0.5, 0.6) is 0 Å². The lowest BCUT2D eigenvalue weighted by Crippen LogP contribution is -3.13. The number of nitrogens with one attached hydrogen (secondary N) is 1. The predicted molar refractivity (Wildman–Crippen MR) is 106 cm³/mol. The lowest BCUT2D eigenvalue weighted by atomic mass is 10.0. The highest BCUT2D eigenvalue weighted by Gasteiger charge is 2.20. The van der Waals surface area contributed by atoms with Crippen LogP contribution in [0.1, 0.15) is 18.1 Å². The first-order valence-electron chi connectivity index (χ1n) is 9.30. The molecule has 3 aromatic rings. The molecule has 0 amide bonds. The molecule has 0 bridgehead atoms. The van der Waals surface area contributed by atoms with Crippen molar-refractivity contribution >= 4 is 16.5 Å². The molecular weight excluding hydrogens is 320 g/mol. The molecule has 4 rings (SSSR count). The van der Waals surface area contributed by atoms with Gasteiger partial charge < -0.3 is 4.90 Å². The van der Waals surface area contributed by atoms with Crippen LogP contribution in [0, 0.1) is 0 Å². The summed E-state index contributed by atoms with van der Waals surface area (Å²) in [6, 6.07) is 19.4. The molecule has 0 spiro atoms. The van der Waals surface area contributed by atoms with Crippen LogP contribution < -0.4 is 4.90 Å². The number of rotatable bonds is 4. The van der Waals surface area contributed by atoms with Gasteiger partial charge in [-0.2, -0.15) is 5.10 Å². The first-order valence-corrected chi connectivity index (χ1v) is 9.30. The molecule has 0 radical (unpaired) electrons. The number of hydrogen-bond acceptors (Lipinski definition) is 3. The van der Waals surface area contributed by atoms with Gasteiger partial charge in [0.05, 0.1) is 31.9 Å². The standard InChI is InChI=1S/C22H24N4/c1-18(19-9-11-23-12-10-19)24-26-15-13-25(14-16-26)17-21-7-4-6-20-5-2-3-8-22(20)21/h2-12H,13-17H2,1H3/p+1/b24-18+. The van der Waals surface area contributed by atoms with E-state index in [0.29, 0.717) is 0 Å². The summed E-state index contributed by atoms with van der Waals surface area (Å²) in [7, 11) is 0. The van der Waals surface area contributed by atoms with Gasteiger partial charge in [0, 0.05) is 23.5 Å². The van der Waals surface area contributed by atoms with Crippen molar-refractivity contribution < 1.29 is 4.90 Å². The van der Waals surface area contributed by atoms with Crippen LogP contribution in [0.4, 0.5) is 0 Å². The van der Waals surface area contributed by atoms with E-state index in [1.165, 1.54) is 16.3 Å². The summed E-state index contributed by atoms with van der Waals surface area (Å²) in [6.07, 6.45) is 3.64. The second-order valence-corrected chi connectivity index (χ2v) is 6.94. The summed E-state index contributed by atoms with van der Waals surface area (Å²) < 4.78 is 0. The average Bonchev–Trinajstić information content (AvgIpc) is 2.70. The second-order valence-electron chi connectivity index (χ2n) is 6.94. The third-order valence-electron chi connectivity index (χ3n) is 5.16. The average molecular weight is 345 g/mol. The van der Waals surface area contributed by atoms with Gasteiger partial charge in [-0.05, 0) is 29.8 Å². The summed E-state index contributed by atoms with van der Waals surface area (Å²) in [4.78, 5) is 5.71. The van der Waals surface area contributed by atoms with Crippen LogP contribution in [0.3, 0.4) is 0 Å². The maximum absolute atomic E-state index is 4.81. The van der Waals surface area contributed by atoms with Crippen LogP contribution >= 0.6 is 0 Å². The summed E-state index contributed by atoms with van der Waals surface area (Å²) in [6.45, 7) is 7.41. The minimum absolute atomic E-state index is 1.00. The molecule has 1 aliphatic heterocycles. The number of fused-ring (bicyclic) bond motifs is 1. The fourth-order valence-electron chi connectivity index (χ4n) is 3.67. The fourth-order valence-corrected chi connectivity index (χ4v) is 3.67. The smallest absolute Gasteiger partial charge is 0.104 e. The van der Waals surface area contributed by atoms with Gasteiger partial charge in [0.2, 0.25) is 0 Å². The number of hydrazone groups is 1. The lowest BCUT2D eigenvalue weighted by Gasteiger charge is -2.31. The van der Waals surface area contributed by atoms with Crippen molar-refractivity contribution in [1.82, 2.24) is 9.99 Å². The van der Waals surface area contributed by atoms with Crippen LogP contribution in [-0.2, 0) is 6.54 Å². The summed E-state index contributed by atoms with van der Waals surface area (Å²) in [5.41, 5.74) is 3.65. The number of hydrogen-bond donors (Lipinski definition) is 1. The van der Waals surface area contributed by atoms with Crippen LogP contribution in [0.2, 0.25) is 0 Å². The maximum Gasteiger partial charge on any atom is 0.104 e. The van der Waals surface area contributed by atoms with E-state index in [4.69, 9.17) is 5.10 Å². The Kier molecular flexibility index (Phi) is 4.93. The molecule has 2 heterocycles. The minimum atomic E-state index is 1.00. The molecule has 132 valence electrons. The molecule has 4 heteroatoms. The quantitative estimate of drug-likeness (QED) is 0.737. The number of nitrogens with zero attached hydrogens (tertiary/aromatic N) is 3. The van der Waals surface area contributed by atoms with Gasteiger partial charge in [-0.3, -0.25) is 9.99 Å². The topological polar surface area (TPSA) is 32.9 Å². The molecule has 0 aliphatic carbocycles. The molecule has 0 atom stereocenters. The lowest BCUT2D eigenvalue weighted by molar-refractivity contribution is -0.918. The van der Waals surface area contributed by atoms with E-state index in [9.17, 15) is 0 Å². The van der Waals surface area contributed by atoms with Gasteiger partial charge in [-0.25, -0.2) is 0 Å². The third-order valence-corrected chi connectivity index (χ3v) is 5.16. The van der Waals surface area contributed by atoms with E-state index >= 15 is 0 Å². The van der Waals surface area contributed by atoms with Gasteiger partial charge in [-0.15, -0.1) is 0 Å². The van der Waals surface area contributed by atoms with Crippen molar-refractivity contribution in [1.29, 1.82) is 0 Å². The number of pyridine rings is 1. The Balaban J connectivity index is 1.39. The molecule has 1 aliphatic rings. The van der Waals surface area contributed by atoms with E-state index in [1.54, 1.807) is 4.90 Å². The third kappa shape index (κ3) is 3.75. The van der Waals surface area contributed by atoms with Crippen molar-refractivity contribution in [2.24, 2.45) is 5.10 Å². The zero-order chi connectivity index (χ0) is 17.8. The molecule has 1 aromatic heterocycles. The van der Waals surface area contributed by atoms with Gasteiger partial charge in [0.25, 0.3) is 0 Å². The second kappa shape index (κ2) is 7.67. The van der Waals surface area contributed by atoms with Gasteiger partial charge in [0.1, 0.15) is 6.54 Å².